The molecule has 2 heterocycles. The molecule has 0 fully saturated rings. The molecule has 0 spiro atoms. The fourth-order valence-corrected chi connectivity index (χ4v) is 2.00. The van der Waals surface area contributed by atoms with Gasteiger partial charge in [-0.2, -0.15) is 4.83 Å². The second-order valence-corrected chi connectivity index (χ2v) is 3.44. The molecule has 2 N–H and O–H groups in total. The molecule has 0 unspecified atom stereocenters. The molecule has 5 heteroatoms. The summed E-state index contributed by atoms with van der Waals surface area (Å²) >= 11 is 3.36. The third-order valence-electron chi connectivity index (χ3n) is 1.27. The molecule has 0 saturated heterocycles. The van der Waals surface area contributed by atoms with Gasteiger partial charge in [-0.25, -0.2) is 0 Å². The van der Waals surface area contributed by atoms with Crippen molar-refractivity contribution in [2.45, 2.75) is 0 Å². The maximum absolute atomic E-state index is 3.03. The summed E-state index contributed by atoms with van der Waals surface area (Å²) in [5, 5.41) is 4.14. The lowest BCUT2D eigenvalue weighted by Crippen LogP contribution is -2.28. The van der Waals surface area contributed by atoms with E-state index in [1.54, 1.807) is 23.7 Å². The summed E-state index contributed by atoms with van der Waals surface area (Å²) in [5.41, 5.74) is 3.03. The average molecular weight is 173 g/mol. The molecule has 0 aromatic rings. The summed E-state index contributed by atoms with van der Waals surface area (Å²) in [7, 11) is 0. The van der Waals surface area contributed by atoms with Crippen LogP contribution in [-0.4, -0.2) is 10.8 Å². The van der Waals surface area contributed by atoms with E-state index in [4.69, 9.17) is 0 Å². The predicted molar refractivity (Wildman–Crippen MR) is 45.4 cm³/mol. The van der Waals surface area contributed by atoms with Crippen LogP contribution in [0.15, 0.2) is 22.8 Å². The highest BCUT2D eigenvalue weighted by atomic mass is 32.2. The summed E-state index contributed by atoms with van der Waals surface area (Å²) < 4.78 is 0. The Morgan fingerprint density at radius 3 is 3.20 bits per heavy atom. The molecule has 2 aliphatic rings. The maximum Gasteiger partial charge on any atom is 0.129 e. The minimum atomic E-state index is 1.01. The van der Waals surface area contributed by atoms with Crippen molar-refractivity contribution in [2.24, 2.45) is 0 Å². The van der Waals surface area contributed by atoms with E-state index in [1.165, 1.54) is 0 Å². The molecule has 10 heavy (non-hydrogen) atoms. The number of nitrogens with one attached hydrogen (secondary N) is 2. The standard InChI is InChI=1S/C5H7N3S2/c1-2-9-4-8(1)5-3-10-7-6-5/h1-3,6-7H,4H2. The SMILES string of the molecule is C1=CN(C2=CSNN2)CS1. The van der Waals surface area contributed by atoms with E-state index in [0.717, 1.165) is 11.7 Å². The lowest BCUT2D eigenvalue weighted by molar-refractivity contribution is 0.499. The molecule has 0 saturated carbocycles. The maximum atomic E-state index is 3.03. The topological polar surface area (TPSA) is 27.3 Å². The molecule has 2 aliphatic heterocycles. The first-order valence-electron chi connectivity index (χ1n) is 2.88. The molecule has 0 atom stereocenters. The average Bonchev–Trinajstić information content (AvgIpc) is 2.59. The van der Waals surface area contributed by atoms with Gasteiger partial charge in [0.05, 0.1) is 5.88 Å². The Balaban J connectivity index is 2.04. The van der Waals surface area contributed by atoms with E-state index >= 15 is 0 Å². The first-order chi connectivity index (χ1) is 4.97. The van der Waals surface area contributed by atoms with E-state index in [2.05, 4.69) is 32.2 Å². The summed E-state index contributed by atoms with van der Waals surface area (Å²) in [5.74, 6) is 2.15. The Morgan fingerprint density at radius 1 is 1.60 bits per heavy atom. The van der Waals surface area contributed by atoms with Crippen molar-refractivity contribution < 1.29 is 0 Å². The fourth-order valence-electron chi connectivity index (χ4n) is 0.769. The quantitative estimate of drug-likeness (QED) is 0.577. The molecule has 54 valence electrons. The van der Waals surface area contributed by atoms with E-state index in [-0.39, 0.29) is 0 Å². The van der Waals surface area contributed by atoms with Gasteiger partial charge in [0.1, 0.15) is 5.82 Å². The van der Waals surface area contributed by atoms with Crippen LogP contribution in [0.5, 0.6) is 0 Å². The highest BCUT2D eigenvalue weighted by molar-refractivity contribution is 8.02. The first-order valence-corrected chi connectivity index (χ1v) is 4.81. The molecule has 0 aromatic carbocycles. The Kier molecular flexibility index (Phi) is 1.79. The van der Waals surface area contributed by atoms with Crippen molar-refractivity contribution in [3.05, 3.63) is 22.8 Å². The molecule has 3 nitrogen and oxygen atoms in total. The second kappa shape index (κ2) is 2.77. The van der Waals surface area contributed by atoms with E-state index in [9.17, 15) is 0 Å². The minimum absolute atomic E-state index is 1.01. The van der Waals surface area contributed by atoms with Crippen molar-refractivity contribution in [3.8, 4) is 0 Å². The van der Waals surface area contributed by atoms with Crippen LogP contribution in [0.3, 0.4) is 0 Å². The van der Waals surface area contributed by atoms with Gasteiger partial charge in [0, 0.05) is 11.6 Å². The number of thioether (sulfide) groups is 1. The highest BCUT2D eigenvalue weighted by Crippen LogP contribution is 2.21. The van der Waals surface area contributed by atoms with Gasteiger partial charge in [0.2, 0.25) is 0 Å². The molecule has 0 aliphatic carbocycles. The van der Waals surface area contributed by atoms with E-state index in [1.807, 2.05) is 0 Å². The normalized spacial score (nSPS) is 23.2. The predicted octanol–water partition coefficient (Wildman–Crippen LogP) is 1.02. The van der Waals surface area contributed by atoms with Crippen LogP contribution in [0, 0.1) is 0 Å². The Morgan fingerprint density at radius 2 is 2.60 bits per heavy atom. The van der Waals surface area contributed by atoms with Gasteiger partial charge in [-0.3, -0.25) is 5.43 Å². The van der Waals surface area contributed by atoms with Gasteiger partial charge in [-0.1, -0.05) is 0 Å². The smallest absolute Gasteiger partial charge is 0.129 e. The summed E-state index contributed by atoms with van der Waals surface area (Å²) in [6.07, 6.45) is 2.07. The van der Waals surface area contributed by atoms with Gasteiger partial charge in [-0.15, -0.1) is 11.8 Å². The van der Waals surface area contributed by atoms with Crippen LogP contribution >= 0.6 is 23.7 Å². The van der Waals surface area contributed by atoms with Gasteiger partial charge in [-0.05, 0) is 17.4 Å². The van der Waals surface area contributed by atoms with Gasteiger partial charge >= 0.3 is 0 Å². The van der Waals surface area contributed by atoms with E-state index in [0.29, 0.717) is 0 Å². The molecule has 0 radical (unpaired) electrons. The lowest BCUT2D eigenvalue weighted by Gasteiger charge is -2.14. The van der Waals surface area contributed by atoms with Gasteiger partial charge in [0.15, 0.2) is 0 Å². The van der Waals surface area contributed by atoms with Crippen LogP contribution in [0.2, 0.25) is 0 Å². The van der Waals surface area contributed by atoms with Crippen LogP contribution in [0.4, 0.5) is 0 Å². The Labute approximate surface area is 68.0 Å². The van der Waals surface area contributed by atoms with Crippen LogP contribution in [-0.2, 0) is 0 Å². The fraction of sp³-hybridized carbons (Fsp3) is 0.200. The van der Waals surface area contributed by atoms with Crippen molar-refractivity contribution in [1.82, 2.24) is 15.2 Å². The Hall–Kier alpha value is -0.260. The second-order valence-electron chi connectivity index (χ2n) is 1.90. The number of nitrogens with zero attached hydrogens (tertiary/aromatic N) is 1. The zero-order chi connectivity index (χ0) is 6.81. The first kappa shape index (κ1) is 6.45. The third-order valence-corrected chi connectivity index (χ3v) is 2.57. The third kappa shape index (κ3) is 1.12. The molecular formula is C5H7N3S2. The number of hydrazine groups is 1. The minimum Gasteiger partial charge on any atom is -0.323 e. The number of hydrogen-bond donors (Lipinski definition) is 2. The van der Waals surface area contributed by atoms with Crippen LogP contribution in [0.25, 0.3) is 0 Å². The van der Waals surface area contributed by atoms with Crippen LogP contribution < -0.4 is 10.3 Å². The summed E-state index contributed by atoms with van der Waals surface area (Å²) in [6.45, 7) is 0. The number of rotatable bonds is 1. The molecular weight excluding hydrogens is 166 g/mol. The van der Waals surface area contributed by atoms with Gasteiger partial charge < -0.3 is 4.90 Å². The van der Waals surface area contributed by atoms with E-state index < -0.39 is 0 Å². The van der Waals surface area contributed by atoms with Crippen molar-refractivity contribution >= 4 is 23.7 Å². The van der Waals surface area contributed by atoms with Crippen molar-refractivity contribution in [3.63, 3.8) is 0 Å². The summed E-state index contributed by atoms with van der Waals surface area (Å²) in [4.78, 5) is 5.09. The Bertz CT molecular complexity index is 189. The lowest BCUT2D eigenvalue weighted by atomic mass is 10.7. The highest BCUT2D eigenvalue weighted by Gasteiger charge is 2.12. The number of hydrogen-bond acceptors (Lipinski definition) is 5. The van der Waals surface area contributed by atoms with Crippen molar-refractivity contribution in [1.29, 1.82) is 0 Å². The molecule has 2 rings (SSSR count). The zero-order valence-electron chi connectivity index (χ0n) is 5.20. The largest absolute Gasteiger partial charge is 0.323 e. The molecule has 0 aromatic heterocycles. The molecule has 0 bridgehead atoms. The summed E-state index contributed by atoms with van der Waals surface area (Å²) in [6, 6.07) is 0. The van der Waals surface area contributed by atoms with Crippen LogP contribution in [0.1, 0.15) is 0 Å². The monoisotopic (exact) mass is 173 g/mol. The molecule has 0 amide bonds. The van der Waals surface area contributed by atoms with Gasteiger partial charge in [0.25, 0.3) is 0 Å². The van der Waals surface area contributed by atoms with Crippen molar-refractivity contribution in [2.75, 3.05) is 5.88 Å². The zero-order valence-corrected chi connectivity index (χ0v) is 6.84.